The van der Waals surface area contributed by atoms with E-state index < -0.39 is 0 Å². The van der Waals surface area contributed by atoms with Crippen molar-refractivity contribution in [3.05, 3.63) is 10.6 Å². The molecular weight excluding hydrogens is 282 g/mol. The van der Waals surface area contributed by atoms with E-state index in [1.165, 1.54) is 29.3 Å². The average molecular weight is 311 g/mol. The van der Waals surface area contributed by atoms with Crippen molar-refractivity contribution in [2.45, 2.75) is 46.3 Å². The summed E-state index contributed by atoms with van der Waals surface area (Å²) in [6, 6.07) is 0. The van der Waals surface area contributed by atoms with Crippen LogP contribution in [0.4, 0.5) is 5.13 Å². The molecule has 5 heteroatoms. The van der Waals surface area contributed by atoms with Crippen LogP contribution in [-0.4, -0.2) is 32.2 Å². The molecule has 0 aliphatic carbocycles. The Hall–Kier alpha value is -0.650. The minimum atomic E-state index is 0.607. The minimum Gasteiger partial charge on any atom is -0.378 e. The van der Waals surface area contributed by atoms with Crippen molar-refractivity contribution < 1.29 is 4.74 Å². The van der Waals surface area contributed by atoms with Gasteiger partial charge in [-0.15, -0.1) is 11.3 Å². The van der Waals surface area contributed by atoms with Crippen molar-refractivity contribution >= 4 is 16.5 Å². The molecule has 0 spiro atoms. The Labute approximate surface area is 132 Å². The van der Waals surface area contributed by atoms with Gasteiger partial charge in [0.25, 0.3) is 0 Å². The number of anilines is 1. The van der Waals surface area contributed by atoms with Gasteiger partial charge in [-0.1, -0.05) is 13.8 Å². The zero-order valence-corrected chi connectivity index (χ0v) is 14.6. The normalized spacial score (nSPS) is 20.0. The number of nitrogens with one attached hydrogen (secondary N) is 1. The maximum absolute atomic E-state index is 5.29. The van der Waals surface area contributed by atoms with E-state index in [-0.39, 0.29) is 0 Å². The Morgan fingerprint density at radius 2 is 2.19 bits per heavy atom. The van der Waals surface area contributed by atoms with Crippen LogP contribution in [0.3, 0.4) is 0 Å². The number of thiazole rings is 1. The van der Waals surface area contributed by atoms with Crippen molar-refractivity contribution in [1.29, 1.82) is 0 Å². The lowest BCUT2D eigenvalue weighted by molar-refractivity contribution is 0.181. The van der Waals surface area contributed by atoms with E-state index in [2.05, 4.69) is 24.1 Å². The Balaban J connectivity index is 2.08. The lowest BCUT2D eigenvalue weighted by Crippen LogP contribution is -2.24. The van der Waals surface area contributed by atoms with E-state index in [1.54, 1.807) is 7.11 Å². The lowest BCUT2D eigenvalue weighted by atomic mass is 9.89. The molecule has 21 heavy (non-hydrogen) atoms. The number of hydrogen-bond acceptors (Lipinski definition) is 5. The molecule has 0 saturated carbocycles. The third-order valence-electron chi connectivity index (χ3n) is 4.37. The van der Waals surface area contributed by atoms with E-state index in [0.29, 0.717) is 6.61 Å². The van der Waals surface area contributed by atoms with Crippen molar-refractivity contribution in [3.63, 3.8) is 0 Å². The van der Waals surface area contributed by atoms with Gasteiger partial charge in [-0.05, 0) is 38.1 Å². The van der Waals surface area contributed by atoms with E-state index in [0.717, 1.165) is 37.2 Å². The van der Waals surface area contributed by atoms with Crippen LogP contribution >= 0.6 is 11.3 Å². The smallest absolute Gasteiger partial charge is 0.185 e. The van der Waals surface area contributed by atoms with Crippen molar-refractivity contribution in [2.75, 3.05) is 32.1 Å². The molecule has 1 saturated heterocycles. The zero-order chi connectivity index (χ0) is 15.2. The molecule has 0 amide bonds. The van der Waals surface area contributed by atoms with E-state index in [1.807, 2.05) is 18.4 Å². The predicted octanol–water partition coefficient (Wildman–Crippen LogP) is 3.27. The highest BCUT2D eigenvalue weighted by atomic mass is 32.1. The first-order chi connectivity index (χ1) is 10.2. The van der Waals surface area contributed by atoms with Crippen LogP contribution in [0.25, 0.3) is 0 Å². The summed E-state index contributed by atoms with van der Waals surface area (Å²) in [7, 11) is 3.72. The van der Waals surface area contributed by atoms with Gasteiger partial charge >= 0.3 is 0 Å². The number of methoxy groups -OCH3 is 1. The van der Waals surface area contributed by atoms with Crippen molar-refractivity contribution in [2.24, 2.45) is 11.8 Å². The Morgan fingerprint density at radius 3 is 2.86 bits per heavy atom. The highest BCUT2D eigenvalue weighted by molar-refractivity contribution is 7.15. The van der Waals surface area contributed by atoms with Gasteiger partial charge in [0.15, 0.2) is 5.13 Å². The van der Waals surface area contributed by atoms with Crippen LogP contribution in [0, 0.1) is 11.8 Å². The number of ether oxygens (including phenoxy) is 1. The molecule has 0 radical (unpaired) electrons. The van der Waals surface area contributed by atoms with Gasteiger partial charge < -0.3 is 15.0 Å². The number of aromatic nitrogens is 1. The fourth-order valence-electron chi connectivity index (χ4n) is 3.03. The monoisotopic (exact) mass is 311 g/mol. The van der Waals surface area contributed by atoms with Crippen LogP contribution in [0.15, 0.2) is 0 Å². The number of hydrogen-bond donors (Lipinski definition) is 1. The fourth-order valence-corrected chi connectivity index (χ4v) is 4.16. The van der Waals surface area contributed by atoms with Crippen LogP contribution in [0.2, 0.25) is 0 Å². The maximum Gasteiger partial charge on any atom is 0.185 e. The number of rotatable bonds is 6. The van der Waals surface area contributed by atoms with Gasteiger partial charge in [0.2, 0.25) is 0 Å². The van der Waals surface area contributed by atoms with Crippen LogP contribution in [0.5, 0.6) is 0 Å². The summed E-state index contributed by atoms with van der Waals surface area (Å²) in [5, 5.41) is 4.41. The zero-order valence-electron chi connectivity index (χ0n) is 13.8. The van der Waals surface area contributed by atoms with Crippen LogP contribution in [-0.2, 0) is 17.9 Å². The summed E-state index contributed by atoms with van der Waals surface area (Å²) in [5.74, 6) is 1.66. The number of nitrogens with zero attached hydrogens (tertiary/aromatic N) is 2. The second kappa shape index (κ2) is 8.11. The molecule has 0 aromatic carbocycles. The van der Waals surface area contributed by atoms with Gasteiger partial charge in [0, 0.05) is 31.6 Å². The molecule has 2 rings (SSSR count). The third-order valence-corrected chi connectivity index (χ3v) is 5.53. The third kappa shape index (κ3) is 4.41. The Morgan fingerprint density at radius 1 is 1.38 bits per heavy atom. The Kier molecular flexibility index (Phi) is 6.45. The van der Waals surface area contributed by atoms with Crippen LogP contribution in [0.1, 0.15) is 43.7 Å². The highest BCUT2D eigenvalue weighted by Crippen LogP contribution is 2.31. The molecular formula is C16H29N3OS. The quantitative estimate of drug-likeness (QED) is 0.875. The van der Waals surface area contributed by atoms with E-state index >= 15 is 0 Å². The summed E-state index contributed by atoms with van der Waals surface area (Å²) >= 11 is 1.82. The minimum absolute atomic E-state index is 0.607. The highest BCUT2D eigenvalue weighted by Gasteiger charge is 2.22. The second-order valence-corrected chi connectivity index (χ2v) is 7.31. The molecule has 0 bridgehead atoms. The summed E-state index contributed by atoms with van der Waals surface area (Å²) in [4.78, 5) is 8.62. The molecule has 1 atom stereocenters. The molecule has 1 fully saturated rings. The molecule has 1 aromatic rings. The molecule has 120 valence electrons. The largest absolute Gasteiger partial charge is 0.378 e. The summed E-state index contributed by atoms with van der Waals surface area (Å²) in [5.41, 5.74) is 1.09. The van der Waals surface area contributed by atoms with Gasteiger partial charge in [0.1, 0.15) is 0 Å². The molecule has 1 aliphatic rings. The molecule has 1 N–H and O–H groups in total. The lowest BCUT2D eigenvalue weighted by Gasteiger charge is -2.20. The van der Waals surface area contributed by atoms with Crippen molar-refractivity contribution in [3.8, 4) is 0 Å². The molecule has 4 nitrogen and oxygen atoms in total. The maximum atomic E-state index is 5.29. The van der Waals surface area contributed by atoms with E-state index in [9.17, 15) is 0 Å². The molecule has 1 aromatic heterocycles. The summed E-state index contributed by atoms with van der Waals surface area (Å²) in [6.07, 6.45) is 3.93. The molecule has 1 unspecified atom stereocenters. The van der Waals surface area contributed by atoms with Gasteiger partial charge in [-0.2, -0.15) is 0 Å². The first-order valence-corrected chi connectivity index (χ1v) is 8.84. The van der Waals surface area contributed by atoms with E-state index in [4.69, 9.17) is 9.72 Å². The van der Waals surface area contributed by atoms with Gasteiger partial charge in [-0.3, -0.25) is 0 Å². The summed E-state index contributed by atoms with van der Waals surface area (Å²) in [6.45, 7) is 8.47. The topological polar surface area (TPSA) is 37.4 Å². The molecule has 2 heterocycles. The summed E-state index contributed by atoms with van der Waals surface area (Å²) < 4.78 is 5.29. The SMILES string of the molecule is CNCc1sc(N2CCCC(C(C)C)CC2)nc1COC. The first kappa shape index (κ1) is 16.7. The fraction of sp³-hybridized carbons (Fsp3) is 0.812. The first-order valence-electron chi connectivity index (χ1n) is 8.02. The second-order valence-electron chi connectivity index (χ2n) is 6.25. The molecule has 1 aliphatic heterocycles. The Bertz CT molecular complexity index is 410. The van der Waals surface area contributed by atoms with Crippen LogP contribution < -0.4 is 10.2 Å². The van der Waals surface area contributed by atoms with Gasteiger partial charge in [-0.25, -0.2) is 4.98 Å². The average Bonchev–Trinajstić information content (AvgIpc) is 2.70. The standard InChI is InChI=1S/C16H29N3OS/c1-12(2)13-6-5-8-19(9-7-13)16-18-14(11-20-4)15(21-16)10-17-3/h12-13,17H,5-11H2,1-4H3. The van der Waals surface area contributed by atoms with Crippen molar-refractivity contribution in [1.82, 2.24) is 10.3 Å². The predicted molar refractivity (Wildman–Crippen MR) is 90.0 cm³/mol. The van der Waals surface area contributed by atoms with Gasteiger partial charge in [0.05, 0.1) is 12.3 Å².